The maximum atomic E-state index is 9.78. The fourth-order valence-corrected chi connectivity index (χ4v) is 8.46. The Morgan fingerprint density at radius 3 is 1.27 bits per heavy atom. The molecule has 296 valence electrons. The predicted octanol–water partition coefficient (Wildman–Crippen LogP) is 17.5. The van der Waals surface area contributed by atoms with Gasteiger partial charge in [0.25, 0.3) is 0 Å². The van der Waals surface area contributed by atoms with Crippen molar-refractivity contribution in [3.8, 4) is 66.8 Å². The molecule has 0 heterocycles. The van der Waals surface area contributed by atoms with Crippen molar-refractivity contribution in [3.63, 3.8) is 0 Å². The summed E-state index contributed by atoms with van der Waals surface area (Å²) in [5.74, 6) is 0. The van der Waals surface area contributed by atoms with Crippen molar-refractivity contribution in [3.05, 3.63) is 261 Å². The van der Waals surface area contributed by atoms with E-state index < -0.39 is 24.2 Å². The van der Waals surface area contributed by atoms with Gasteiger partial charge in [-0.25, -0.2) is 0 Å². The molecule has 0 fully saturated rings. The summed E-state index contributed by atoms with van der Waals surface area (Å²) in [6.45, 7) is 0. The minimum absolute atomic E-state index is 0.101. The van der Waals surface area contributed by atoms with E-state index in [0.29, 0.717) is 16.8 Å². The Labute approximate surface area is 380 Å². The number of anilines is 3. The van der Waals surface area contributed by atoms with Crippen molar-refractivity contribution in [1.82, 2.24) is 0 Å². The van der Waals surface area contributed by atoms with Gasteiger partial charge in [-0.05, 0) is 125 Å². The molecule has 0 saturated heterocycles. The molecule has 0 saturated carbocycles. The standard InChI is InChI=1S/C62H43N/c1-3-12-44(13-4-1)45-22-24-46(25-23-45)48-30-37-55(38-31-48)63(56-39-32-49(33-40-56)47-26-28-52(29-27-47)59-21-11-18-50-14-7-9-19-58(50)59)57-41-34-53(35-42-57)61-43-36-51-15-8-10-20-60(51)62(61)54-16-5-2-6-17-54/h1-43H/i30D,31D,34D,35D,37D,38D,41D,42D. The lowest BCUT2D eigenvalue weighted by Gasteiger charge is -2.26. The minimum Gasteiger partial charge on any atom is -0.311 e. The first-order chi connectivity index (χ1) is 34.6. The Balaban J connectivity index is 1.07. The Morgan fingerprint density at radius 1 is 0.238 bits per heavy atom. The van der Waals surface area contributed by atoms with Gasteiger partial charge in [0.05, 0.1) is 11.0 Å². The summed E-state index contributed by atoms with van der Waals surface area (Å²) in [6, 6.07) is 65.8. The van der Waals surface area contributed by atoms with E-state index >= 15 is 0 Å². The van der Waals surface area contributed by atoms with Crippen LogP contribution in [-0.4, -0.2) is 0 Å². The van der Waals surface area contributed by atoms with Crippen LogP contribution in [0.25, 0.3) is 88.3 Å². The Bertz CT molecular complexity index is 3760. The van der Waals surface area contributed by atoms with E-state index in [2.05, 4.69) is 54.6 Å². The van der Waals surface area contributed by atoms with Gasteiger partial charge in [0.1, 0.15) is 0 Å². The molecule has 1 nitrogen and oxygen atoms in total. The molecule has 0 spiro atoms. The maximum absolute atomic E-state index is 9.78. The number of nitrogens with zero attached hydrogens (tertiary/aromatic N) is 1. The van der Waals surface area contributed by atoms with Crippen LogP contribution in [0, 0.1) is 0 Å². The molecule has 0 N–H and O–H groups in total. The molecule has 0 amide bonds. The lowest BCUT2D eigenvalue weighted by atomic mass is 9.90. The van der Waals surface area contributed by atoms with E-state index in [1.807, 2.05) is 133 Å². The zero-order valence-electron chi connectivity index (χ0n) is 42.2. The van der Waals surface area contributed by atoms with Gasteiger partial charge in [-0.1, -0.05) is 224 Å². The van der Waals surface area contributed by atoms with Crippen molar-refractivity contribution in [2.75, 3.05) is 4.90 Å². The van der Waals surface area contributed by atoms with E-state index in [0.717, 1.165) is 66.1 Å². The van der Waals surface area contributed by atoms with Crippen molar-refractivity contribution in [2.24, 2.45) is 0 Å². The fourth-order valence-electron chi connectivity index (χ4n) is 8.46. The summed E-state index contributed by atoms with van der Waals surface area (Å²) in [5.41, 5.74) is 8.65. The summed E-state index contributed by atoms with van der Waals surface area (Å²) in [4.78, 5) is 1.36. The lowest BCUT2D eigenvalue weighted by Crippen LogP contribution is -2.09. The molecular formula is C62H43N. The Hall–Kier alpha value is -8.26. The zero-order valence-corrected chi connectivity index (χ0v) is 34.2. The first-order valence-corrected chi connectivity index (χ1v) is 21.0. The molecule has 11 rings (SSSR count). The van der Waals surface area contributed by atoms with E-state index in [9.17, 15) is 11.0 Å². The van der Waals surface area contributed by atoms with Crippen LogP contribution in [-0.2, 0) is 0 Å². The van der Waals surface area contributed by atoms with E-state index in [1.165, 1.54) is 4.90 Å². The number of rotatable bonds is 9. The van der Waals surface area contributed by atoms with E-state index in [-0.39, 0.29) is 46.7 Å². The van der Waals surface area contributed by atoms with Crippen LogP contribution < -0.4 is 4.90 Å². The van der Waals surface area contributed by atoms with E-state index in [1.54, 1.807) is 24.3 Å². The highest BCUT2D eigenvalue weighted by Gasteiger charge is 2.16. The van der Waals surface area contributed by atoms with Crippen LogP contribution in [0.4, 0.5) is 17.1 Å². The minimum atomic E-state index is -0.404. The quantitative estimate of drug-likeness (QED) is 0.140. The third-order valence-electron chi connectivity index (χ3n) is 11.7. The third-order valence-corrected chi connectivity index (χ3v) is 11.7. The SMILES string of the molecule is [2H]c1c([2H])c(N(c2ccc(-c3ccc(-c4cccc5ccccc45)cc3)cc2)c2c([2H])c([2H])c(-c3ccc4ccccc4c3-c3ccccc3)c([2H])c2[2H])c([2H])c([2H])c1-c1ccc(-c2ccccc2)cc1. The molecule has 0 aliphatic heterocycles. The maximum Gasteiger partial charge on any atom is 0.0645 e. The van der Waals surface area contributed by atoms with Gasteiger partial charge in [-0.2, -0.15) is 0 Å². The first kappa shape index (κ1) is 29.9. The van der Waals surface area contributed by atoms with Crippen molar-refractivity contribution >= 4 is 38.6 Å². The zero-order chi connectivity index (χ0) is 48.9. The predicted molar refractivity (Wildman–Crippen MR) is 269 cm³/mol. The first-order valence-electron chi connectivity index (χ1n) is 25.0. The summed E-state index contributed by atoms with van der Waals surface area (Å²) < 4.78 is 77.1. The molecule has 11 aromatic carbocycles. The average Bonchev–Trinajstić information content (AvgIpc) is 3.42. The monoisotopic (exact) mass is 809 g/mol. The van der Waals surface area contributed by atoms with Crippen LogP contribution in [0.5, 0.6) is 0 Å². The Kier molecular flexibility index (Phi) is 7.90. The van der Waals surface area contributed by atoms with Gasteiger partial charge < -0.3 is 4.90 Å². The number of hydrogen-bond donors (Lipinski definition) is 0. The molecule has 0 aliphatic carbocycles. The van der Waals surface area contributed by atoms with Crippen molar-refractivity contribution < 1.29 is 11.0 Å². The van der Waals surface area contributed by atoms with Crippen LogP contribution in [0.2, 0.25) is 0 Å². The third kappa shape index (κ3) is 7.47. The smallest absolute Gasteiger partial charge is 0.0645 e. The highest BCUT2D eigenvalue weighted by Crippen LogP contribution is 2.42. The summed E-state index contributed by atoms with van der Waals surface area (Å²) >= 11 is 0. The largest absolute Gasteiger partial charge is 0.311 e. The van der Waals surface area contributed by atoms with Crippen LogP contribution >= 0.6 is 0 Å². The number of benzene rings is 11. The second-order valence-corrected chi connectivity index (χ2v) is 15.5. The topological polar surface area (TPSA) is 3.24 Å². The average molecular weight is 810 g/mol. The Morgan fingerprint density at radius 2 is 0.667 bits per heavy atom. The summed E-state index contributed by atoms with van der Waals surface area (Å²) in [7, 11) is 0. The van der Waals surface area contributed by atoms with Gasteiger partial charge in [0.15, 0.2) is 0 Å². The normalized spacial score (nSPS) is 13.0. The van der Waals surface area contributed by atoms with Crippen LogP contribution in [0.3, 0.4) is 0 Å². The number of fused-ring (bicyclic) bond motifs is 2. The van der Waals surface area contributed by atoms with Gasteiger partial charge >= 0.3 is 0 Å². The van der Waals surface area contributed by atoms with Gasteiger partial charge in [0.2, 0.25) is 0 Å². The molecule has 0 radical (unpaired) electrons. The molecule has 0 aromatic heterocycles. The highest BCUT2D eigenvalue weighted by atomic mass is 15.1. The second kappa shape index (κ2) is 16.7. The van der Waals surface area contributed by atoms with Crippen LogP contribution in [0.15, 0.2) is 261 Å². The summed E-state index contributed by atoms with van der Waals surface area (Å²) in [5, 5.41) is 4.16. The van der Waals surface area contributed by atoms with Crippen molar-refractivity contribution in [2.45, 2.75) is 0 Å². The molecule has 0 unspecified atom stereocenters. The van der Waals surface area contributed by atoms with Crippen LogP contribution in [0.1, 0.15) is 11.0 Å². The van der Waals surface area contributed by atoms with Crippen molar-refractivity contribution in [1.29, 1.82) is 0 Å². The second-order valence-electron chi connectivity index (χ2n) is 15.5. The number of hydrogen-bond acceptors (Lipinski definition) is 1. The van der Waals surface area contributed by atoms with Gasteiger partial charge in [0, 0.05) is 17.1 Å². The van der Waals surface area contributed by atoms with Gasteiger partial charge in [-0.15, -0.1) is 0 Å². The highest BCUT2D eigenvalue weighted by molar-refractivity contribution is 6.04. The fraction of sp³-hybridized carbons (Fsp3) is 0. The molecule has 0 bridgehead atoms. The molecule has 1 heteroatoms. The van der Waals surface area contributed by atoms with E-state index in [4.69, 9.17) is 0 Å². The molecule has 63 heavy (non-hydrogen) atoms. The summed E-state index contributed by atoms with van der Waals surface area (Å²) in [6.07, 6.45) is 0. The molecule has 11 aromatic rings. The molecular weight excluding hydrogens is 759 g/mol. The van der Waals surface area contributed by atoms with Gasteiger partial charge in [-0.3, -0.25) is 0 Å². The lowest BCUT2D eigenvalue weighted by molar-refractivity contribution is 1.28. The molecule has 0 atom stereocenters. The molecule has 0 aliphatic rings.